The predicted octanol–water partition coefficient (Wildman–Crippen LogP) is 4.79. The molecule has 168 valence electrons. The van der Waals surface area contributed by atoms with Crippen molar-refractivity contribution < 1.29 is 18.3 Å². The van der Waals surface area contributed by atoms with Gasteiger partial charge in [-0.2, -0.15) is 0 Å². The summed E-state index contributed by atoms with van der Waals surface area (Å²) in [5.41, 5.74) is 0.212. The second kappa shape index (κ2) is 9.83. The number of rotatable bonds is 7. The first-order valence-corrected chi connectivity index (χ1v) is 11.1. The van der Waals surface area contributed by atoms with Gasteiger partial charge in [-0.05, 0) is 55.5 Å². The van der Waals surface area contributed by atoms with E-state index in [-0.39, 0.29) is 16.5 Å². The van der Waals surface area contributed by atoms with Gasteiger partial charge >= 0.3 is 0 Å². The second-order valence-corrected chi connectivity index (χ2v) is 7.86. The standard InChI is InChI=1S/C24H19F2N3O3S/c1-2-32-16-12-10-15(11-13-16)29-23(31)17-6-3-4-9-20(17)27-24(29)33-14-21(30)28-22-18(25)7-5-8-19(22)26/h3-13H,2,14H2,1H3,(H,28,30). The van der Waals surface area contributed by atoms with Crippen molar-refractivity contribution in [1.29, 1.82) is 0 Å². The van der Waals surface area contributed by atoms with Crippen molar-refractivity contribution in [2.45, 2.75) is 12.1 Å². The molecular formula is C24H19F2N3O3S. The number of thioether (sulfide) groups is 1. The molecular weight excluding hydrogens is 448 g/mol. The van der Waals surface area contributed by atoms with Gasteiger partial charge in [0.15, 0.2) is 5.16 Å². The van der Waals surface area contributed by atoms with Crippen LogP contribution in [0.3, 0.4) is 0 Å². The fourth-order valence-corrected chi connectivity index (χ4v) is 4.03. The number of nitrogens with one attached hydrogen (secondary N) is 1. The molecule has 1 aromatic heterocycles. The number of hydrogen-bond donors (Lipinski definition) is 1. The van der Waals surface area contributed by atoms with Gasteiger partial charge in [0, 0.05) is 0 Å². The van der Waals surface area contributed by atoms with Crippen molar-refractivity contribution in [3.05, 3.63) is 88.7 Å². The fourth-order valence-electron chi connectivity index (χ4n) is 3.22. The SMILES string of the molecule is CCOc1ccc(-n2c(SCC(=O)Nc3c(F)cccc3F)nc3ccccc3c2=O)cc1. The topological polar surface area (TPSA) is 73.2 Å². The van der Waals surface area contributed by atoms with Gasteiger partial charge in [-0.25, -0.2) is 13.8 Å². The summed E-state index contributed by atoms with van der Waals surface area (Å²) in [6.07, 6.45) is 0. The number of carbonyl (C=O) groups excluding carboxylic acids is 1. The molecule has 0 aliphatic heterocycles. The van der Waals surface area contributed by atoms with Gasteiger partial charge in [0.1, 0.15) is 23.1 Å². The van der Waals surface area contributed by atoms with E-state index in [0.29, 0.717) is 28.9 Å². The quantitative estimate of drug-likeness (QED) is 0.312. The number of ether oxygens (including phenoxy) is 1. The minimum atomic E-state index is -0.872. The number of aromatic nitrogens is 2. The molecule has 1 heterocycles. The third-order valence-electron chi connectivity index (χ3n) is 4.71. The molecule has 0 unspecified atom stereocenters. The Morgan fingerprint density at radius 2 is 1.73 bits per heavy atom. The first-order chi connectivity index (χ1) is 16.0. The van der Waals surface area contributed by atoms with Crippen molar-refractivity contribution >= 4 is 34.3 Å². The van der Waals surface area contributed by atoms with Crippen LogP contribution in [0, 0.1) is 11.6 Å². The van der Waals surface area contributed by atoms with E-state index in [4.69, 9.17) is 4.74 Å². The maximum Gasteiger partial charge on any atom is 0.266 e. The number of nitrogens with zero attached hydrogens (tertiary/aromatic N) is 2. The van der Waals surface area contributed by atoms with Gasteiger partial charge in [-0.15, -0.1) is 0 Å². The number of hydrogen-bond acceptors (Lipinski definition) is 5. The first-order valence-electron chi connectivity index (χ1n) is 10.1. The number of anilines is 1. The molecule has 33 heavy (non-hydrogen) atoms. The first kappa shape index (κ1) is 22.5. The summed E-state index contributed by atoms with van der Waals surface area (Å²) in [4.78, 5) is 30.2. The smallest absolute Gasteiger partial charge is 0.266 e. The molecule has 1 amide bonds. The lowest BCUT2D eigenvalue weighted by Crippen LogP contribution is -2.23. The molecule has 0 spiro atoms. The van der Waals surface area contributed by atoms with Gasteiger partial charge in [-0.3, -0.25) is 14.2 Å². The van der Waals surface area contributed by atoms with Gasteiger partial charge in [0.2, 0.25) is 5.91 Å². The maximum absolute atomic E-state index is 13.8. The predicted molar refractivity (Wildman–Crippen MR) is 124 cm³/mol. The average Bonchev–Trinajstić information content (AvgIpc) is 2.81. The van der Waals surface area contributed by atoms with E-state index in [0.717, 1.165) is 23.9 Å². The number of para-hydroxylation sites is 2. The van der Waals surface area contributed by atoms with Crippen LogP contribution in [0.1, 0.15) is 6.92 Å². The molecule has 0 fully saturated rings. The van der Waals surface area contributed by atoms with Crippen LogP contribution in [0.15, 0.2) is 76.7 Å². The third-order valence-corrected chi connectivity index (χ3v) is 5.65. The molecule has 4 rings (SSSR count). The lowest BCUT2D eigenvalue weighted by Gasteiger charge is -2.14. The zero-order valence-corrected chi connectivity index (χ0v) is 18.4. The number of halogens is 2. The highest BCUT2D eigenvalue weighted by Crippen LogP contribution is 2.24. The second-order valence-electron chi connectivity index (χ2n) is 6.91. The van der Waals surface area contributed by atoms with E-state index < -0.39 is 23.2 Å². The highest BCUT2D eigenvalue weighted by Gasteiger charge is 2.17. The summed E-state index contributed by atoms with van der Waals surface area (Å²) in [7, 11) is 0. The molecule has 1 N–H and O–H groups in total. The Bertz CT molecular complexity index is 1350. The zero-order valence-electron chi connectivity index (χ0n) is 17.5. The number of benzene rings is 3. The molecule has 0 saturated carbocycles. The number of amides is 1. The Kier molecular flexibility index (Phi) is 6.69. The Morgan fingerprint density at radius 3 is 2.42 bits per heavy atom. The van der Waals surface area contributed by atoms with Crippen LogP contribution in [0.25, 0.3) is 16.6 Å². The highest BCUT2D eigenvalue weighted by atomic mass is 32.2. The summed E-state index contributed by atoms with van der Waals surface area (Å²) in [5, 5.41) is 2.93. The number of carbonyl (C=O) groups is 1. The van der Waals surface area contributed by atoms with Crippen molar-refractivity contribution in [2.75, 3.05) is 17.7 Å². The minimum Gasteiger partial charge on any atom is -0.494 e. The van der Waals surface area contributed by atoms with Crippen LogP contribution >= 0.6 is 11.8 Å². The average molecular weight is 467 g/mol. The summed E-state index contributed by atoms with van der Waals surface area (Å²) >= 11 is 0.988. The zero-order chi connectivity index (χ0) is 23.4. The van der Waals surface area contributed by atoms with Crippen molar-refractivity contribution in [1.82, 2.24) is 9.55 Å². The molecule has 0 radical (unpaired) electrons. The van der Waals surface area contributed by atoms with E-state index in [1.807, 2.05) is 6.92 Å². The van der Waals surface area contributed by atoms with Crippen LogP contribution in [-0.4, -0.2) is 27.8 Å². The largest absolute Gasteiger partial charge is 0.494 e. The van der Waals surface area contributed by atoms with Crippen LogP contribution in [-0.2, 0) is 4.79 Å². The molecule has 0 aliphatic carbocycles. The van der Waals surface area contributed by atoms with E-state index >= 15 is 0 Å². The Labute approximate surface area is 192 Å². The normalized spacial score (nSPS) is 10.9. The van der Waals surface area contributed by atoms with Crippen LogP contribution in [0.4, 0.5) is 14.5 Å². The van der Waals surface area contributed by atoms with E-state index in [1.165, 1.54) is 10.6 Å². The highest BCUT2D eigenvalue weighted by molar-refractivity contribution is 7.99. The molecule has 4 aromatic rings. The third kappa shape index (κ3) is 4.88. The molecule has 0 bridgehead atoms. The molecule has 0 atom stereocenters. The summed E-state index contributed by atoms with van der Waals surface area (Å²) in [6.45, 7) is 2.38. The summed E-state index contributed by atoms with van der Waals surface area (Å²) in [5.74, 6) is -1.93. The summed E-state index contributed by atoms with van der Waals surface area (Å²) in [6, 6.07) is 17.1. The van der Waals surface area contributed by atoms with Gasteiger partial charge in [-0.1, -0.05) is 30.0 Å². The molecule has 9 heteroatoms. The minimum absolute atomic E-state index is 0.213. The van der Waals surface area contributed by atoms with Crippen molar-refractivity contribution in [3.63, 3.8) is 0 Å². The van der Waals surface area contributed by atoms with Crippen LogP contribution < -0.4 is 15.6 Å². The monoisotopic (exact) mass is 467 g/mol. The molecule has 0 saturated heterocycles. The molecule has 6 nitrogen and oxygen atoms in total. The lowest BCUT2D eigenvalue weighted by molar-refractivity contribution is -0.113. The Balaban J connectivity index is 1.67. The van der Waals surface area contributed by atoms with Gasteiger partial charge in [0.05, 0.1) is 29.0 Å². The van der Waals surface area contributed by atoms with Gasteiger partial charge < -0.3 is 10.1 Å². The van der Waals surface area contributed by atoms with E-state index in [2.05, 4.69) is 10.3 Å². The van der Waals surface area contributed by atoms with E-state index in [1.54, 1.807) is 48.5 Å². The van der Waals surface area contributed by atoms with Crippen LogP contribution in [0.5, 0.6) is 5.75 Å². The Hall–Kier alpha value is -3.72. The molecule has 0 aliphatic rings. The molecule has 3 aromatic carbocycles. The lowest BCUT2D eigenvalue weighted by atomic mass is 10.2. The van der Waals surface area contributed by atoms with Crippen LogP contribution in [0.2, 0.25) is 0 Å². The van der Waals surface area contributed by atoms with Gasteiger partial charge in [0.25, 0.3) is 5.56 Å². The summed E-state index contributed by atoms with van der Waals surface area (Å²) < 4.78 is 34.6. The maximum atomic E-state index is 13.8. The number of fused-ring (bicyclic) bond motifs is 1. The van der Waals surface area contributed by atoms with Crippen molar-refractivity contribution in [3.8, 4) is 11.4 Å². The fraction of sp³-hybridized carbons (Fsp3) is 0.125. The van der Waals surface area contributed by atoms with Crippen molar-refractivity contribution in [2.24, 2.45) is 0 Å². The van der Waals surface area contributed by atoms with E-state index in [9.17, 15) is 18.4 Å². The Morgan fingerprint density at radius 1 is 1.03 bits per heavy atom.